The predicted octanol–water partition coefficient (Wildman–Crippen LogP) is 6.34. The Kier molecular flexibility index (Phi) is 11.6. The van der Waals surface area contributed by atoms with Gasteiger partial charge in [-0.25, -0.2) is 4.79 Å². The zero-order valence-corrected chi connectivity index (χ0v) is 20.1. The van der Waals surface area contributed by atoms with Crippen molar-refractivity contribution in [1.29, 1.82) is 0 Å². The van der Waals surface area contributed by atoms with E-state index in [0.29, 0.717) is 24.2 Å². The van der Waals surface area contributed by atoms with Gasteiger partial charge in [0.15, 0.2) is 6.23 Å². The van der Waals surface area contributed by atoms with Crippen LogP contribution in [0.1, 0.15) is 113 Å². The first-order valence-electron chi connectivity index (χ1n) is 12.5. The second kappa shape index (κ2) is 14.1. The molecule has 0 aliphatic carbocycles. The zero-order valence-electron chi connectivity index (χ0n) is 20.1. The summed E-state index contributed by atoms with van der Waals surface area (Å²) in [6.07, 6.45) is 9.96. The van der Waals surface area contributed by atoms with Crippen LogP contribution in [0.4, 0.5) is 0 Å². The highest BCUT2D eigenvalue weighted by Crippen LogP contribution is 2.36. The van der Waals surface area contributed by atoms with E-state index < -0.39 is 12.1 Å². The summed E-state index contributed by atoms with van der Waals surface area (Å²) in [6, 6.07) is 5.28. The van der Waals surface area contributed by atoms with Crippen LogP contribution in [0.25, 0.3) is 0 Å². The van der Waals surface area contributed by atoms with E-state index >= 15 is 0 Å². The molecule has 1 aliphatic rings. The van der Waals surface area contributed by atoms with Crippen molar-refractivity contribution in [3.05, 3.63) is 29.3 Å². The van der Waals surface area contributed by atoms with E-state index in [4.69, 9.17) is 9.47 Å². The van der Waals surface area contributed by atoms with Gasteiger partial charge in [-0.2, -0.15) is 0 Å². The highest BCUT2D eigenvalue weighted by molar-refractivity contribution is 5.93. The first-order chi connectivity index (χ1) is 15.5. The van der Waals surface area contributed by atoms with Gasteiger partial charge in [0.2, 0.25) is 0 Å². The minimum absolute atomic E-state index is 0.121. The van der Waals surface area contributed by atoms with E-state index in [1.165, 1.54) is 12.8 Å². The van der Waals surface area contributed by atoms with E-state index in [2.05, 4.69) is 25.7 Å². The van der Waals surface area contributed by atoms with Crippen molar-refractivity contribution < 1.29 is 24.2 Å². The van der Waals surface area contributed by atoms with Crippen LogP contribution in [0.3, 0.4) is 0 Å². The van der Waals surface area contributed by atoms with Crippen molar-refractivity contribution in [1.82, 2.24) is 4.90 Å². The van der Waals surface area contributed by atoms with E-state index in [-0.39, 0.29) is 17.8 Å². The number of aromatic carboxylic acids is 1. The molecular formula is C26H41NO5. The molecule has 1 fully saturated rings. The Morgan fingerprint density at radius 3 is 2.28 bits per heavy atom. The molecule has 0 radical (unpaired) electrons. The molecular weight excluding hydrogens is 406 g/mol. The molecule has 0 bridgehead atoms. The number of benzene rings is 1. The van der Waals surface area contributed by atoms with Gasteiger partial charge < -0.3 is 14.6 Å². The van der Waals surface area contributed by atoms with Crippen molar-refractivity contribution in [2.75, 3.05) is 13.1 Å². The van der Waals surface area contributed by atoms with Gasteiger partial charge in [0, 0.05) is 25.1 Å². The number of ether oxygens (including phenoxy) is 2. The molecule has 1 aromatic rings. The molecule has 32 heavy (non-hydrogen) atoms. The topological polar surface area (TPSA) is 76.1 Å². The van der Waals surface area contributed by atoms with E-state index in [1.54, 1.807) is 18.2 Å². The van der Waals surface area contributed by atoms with Gasteiger partial charge in [-0.15, -0.1) is 0 Å². The number of rotatable bonds is 16. The van der Waals surface area contributed by atoms with Crippen LogP contribution in [-0.2, 0) is 9.53 Å². The second-order valence-corrected chi connectivity index (χ2v) is 8.71. The monoisotopic (exact) mass is 447 g/mol. The SMILES string of the molecule is CCCCCN(CCCCC)[C@H](CCCC)Oc1cccc(C2CCC(=O)O2)c1C(=O)O. The number of carboxylic acid groups (broad SMARTS) is 1. The first kappa shape index (κ1) is 26.2. The molecule has 180 valence electrons. The van der Waals surface area contributed by atoms with Crippen LogP contribution < -0.4 is 4.74 Å². The standard InChI is InChI=1S/C26H41NO5/c1-4-7-10-18-27(19-11-8-5-2)23(15-9-6-3)31-22-14-12-13-20(25(22)26(29)30)21-16-17-24(28)32-21/h12-14,21,23H,4-11,15-19H2,1-3H3,(H,29,30)/t21?,23-/m0/s1. The average Bonchev–Trinajstić information content (AvgIpc) is 3.21. The van der Waals surface area contributed by atoms with Crippen molar-refractivity contribution in [3.8, 4) is 5.75 Å². The lowest BCUT2D eigenvalue weighted by atomic mass is 9.99. The molecule has 0 spiro atoms. The van der Waals surface area contributed by atoms with Crippen molar-refractivity contribution in [2.24, 2.45) is 0 Å². The van der Waals surface area contributed by atoms with E-state index in [1.807, 2.05) is 0 Å². The molecule has 0 aromatic heterocycles. The number of carbonyl (C=O) groups excluding carboxylic acids is 1. The van der Waals surface area contributed by atoms with Crippen LogP contribution in [0.5, 0.6) is 5.75 Å². The molecule has 1 N–H and O–H groups in total. The third kappa shape index (κ3) is 7.80. The number of carboxylic acids is 1. The van der Waals surface area contributed by atoms with Gasteiger partial charge in [0.05, 0.1) is 0 Å². The summed E-state index contributed by atoms with van der Waals surface area (Å²) in [5.41, 5.74) is 0.648. The summed E-state index contributed by atoms with van der Waals surface area (Å²) in [4.78, 5) is 26.3. The van der Waals surface area contributed by atoms with E-state index in [9.17, 15) is 14.7 Å². The molecule has 1 aromatic carbocycles. The van der Waals surface area contributed by atoms with Crippen molar-refractivity contribution >= 4 is 11.9 Å². The third-order valence-corrected chi connectivity index (χ3v) is 6.08. The molecule has 1 saturated heterocycles. The van der Waals surface area contributed by atoms with Gasteiger partial charge in [-0.1, -0.05) is 65.0 Å². The Morgan fingerprint density at radius 2 is 1.75 bits per heavy atom. The van der Waals surface area contributed by atoms with E-state index in [0.717, 1.165) is 58.0 Å². The maximum atomic E-state index is 12.2. The molecule has 6 nitrogen and oxygen atoms in total. The highest BCUT2D eigenvalue weighted by atomic mass is 16.5. The number of nitrogens with zero attached hydrogens (tertiary/aromatic N) is 1. The summed E-state index contributed by atoms with van der Waals surface area (Å²) in [7, 11) is 0. The minimum atomic E-state index is -1.05. The number of esters is 1. The number of hydrogen-bond donors (Lipinski definition) is 1. The van der Waals surface area contributed by atoms with Gasteiger partial charge in [-0.3, -0.25) is 9.69 Å². The molecule has 6 heteroatoms. The molecule has 0 saturated carbocycles. The lowest BCUT2D eigenvalue weighted by Crippen LogP contribution is -2.41. The summed E-state index contributed by atoms with van der Waals surface area (Å²) in [6.45, 7) is 8.47. The quantitative estimate of drug-likeness (QED) is 0.181. The van der Waals surface area contributed by atoms with Crippen LogP contribution in [0.15, 0.2) is 18.2 Å². The molecule has 1 aliphatic heterocycles. The fourth-order valence-corrected chi connectivity index (χ4v) is 4.26. The maximum absolute atomic E-state index is 12.2. The summed E-state index contributed by atoms with van der Waals surface area (Å²) >= 11 is 0. The number of carbonyl (C=O) groups is 2. The van der Waals surface area contributed by atoms with Gasteiger partial charge in [0.1, 0.15) is 17.4 Å². The van der Waals surface area contributed by atoms with Gasteiger partial charge >= 0.3 is 11.9 Å². The second-order valence-electron chi connectivity index (χ2n) is 8.71. The number of cyclic esters (lactones) is 1. The largest absolute Gasteiger partial charge is 0.478 e. The molecule has 2 rings (SSSR count). The van der Waals surface area contributed by atoms with Crippen LogP contribution in [-0.4, -0.2) is 41.3 Å². The molecule has 2 atom stereocenters. The van der Waals surface area contributed by atoms with Crippen molar-refractivity contribution in [2.45, 2.75) is 104 Å². The smallest absolute Gasteiger partial charge is 0.339 e. The summed E-state index contributed by atoms with van der Waals surface area (Å²) < 4.78 is 11.8. The third-order valence-electron chi connectivity index (χ3n) is 6.08. The average molecular weight is 448 g/mol. The lowest BCUT2D eigenvalue weighted by Gasteiger charge is -2.33. The highest BCUT2D eigenvalue weighted by Gasteiger charge is 2.31. The minimum Gasteiger partial charge on any atom is -0.478 e. The predicted molar refractivity (Wildman–Crippen MR) is 126 cm³/mol. The molecule has 1 heterocycles. The fraction of sp³-hybridized carbons (Fsp3) is 0.692. The summed E-state index contributed by atoms with van der Waals surface area (Å²) in [5.74, 6) is -0.956. The van der Waals surface area contributed by atoms with Crippen LogP contribution in [0, 0.1) is 0 Å². The Labute approximate surface area is 193 Å². The first-order valence-corrected chi connectivity index (χ1v) is 12.5. The molecule has 1 unspecified atom stereocenters. The van der Waals surface area contributed by atoms with Crippen LogP contribution >= 0.6 is 0 Å². The van der Waals surface area contributed by atoms with Crippen LogP contribution in [0.2, 0.25) is 0 Å². The Bertz CT molecular complexity index is 710. The van der Waals surface area contributed by atoms with Gasteiger partial charge in [-0.05, 0) is 38.2 Å². The zero-order chi connectivity index (χ0) is 23.3. The lowest BCUT2D eigenvalue weighted by molar-refractivity contribution is -0.141. The number of unbranched alkanes of at least 4 members (excludes halogenated alkanes) is 5. The number of hydrogen-bond acceptors (Lipinski definition) is 5. The normalized spacial score (nSPS) is 16.9. The Balaban J connectivity index is 2.30. The van der Waals surface area contributed by atoms with Gasteiger partial charge in [0.25, 0.3) is 0 Å². The maximum Gasteiger partial charge on any atom is 0.339 e. The fourth-order valence-electron chi connectivity index (χ4n) is 4.26. The summed E-state index contributed by atoms with van der Waals surface area (Å²) in [5, 5.41) is 10.0. The Hall–Kier alpha value is -2.08. The molecule has 0 amide bonds. The van der Waals surface area contributed by atoms with Crippen molar-refractivity contribution in [3.63, 3.8) is 0 Å². The Morgan fingerprint density at radius 1 is 1.09 bits per heavy atom.